The van der Waals surface area contributed by atoms with Gasteiger partial charge in [-0.1, -0.05) is 17.5 Å². The molecule has 1 saturated heterocycles. The van der Waals surface area contributed by atoms with Gasteiger partial charge in [0.05, 0.1) is 17.5 Å². The fourth-order valence-electron chi connectivity index (χ4n) is 4.53. The van der Waals surface area contributed by atoms with Gasteiger partial charge in [-0.15, -0.1) is 11.3 Å². The molecule has 0 radical (unpaired) electrons. The lowest BCUT2D eigenvalue weighted by molar-refractivity contribution is -0.137. The highest BCUT2D eigenvalue weighted by Gasteiger charge is 2.54. The van der Waals surface area contributed by atoms with Crippen molar-refractivity contribution in [2.75, 3.05) is 18.5 Å². The first kappa shape index (κ1) is 22.1. The van der Waals surface area contributed by atoms with Crippen molar-refractivity contribution in [3.8, 4) is 0 Å². The maximum atomic E-state index is 12.5. The minimum Gasteiger partial charge on any atom is -0.477 e. The molecule has 4 rings (SSSR count). The molecule has 2 atom stereocenters. The largest absolute Gasteiger partial charge is 0.477 e. The number of nitrogens with zero attached hydrogens (tertiary/aromatic N) is 2. The van der Waals surface area contributed by atoms with Crippen LogP contribution in [0.15, 0.2) is 47.5 Å². The number of anilines is 1. The Bertz CT molecular complexity index is 1130. The fraction of sp³-hybridized carbons (Fsp3) is 0.400. The van der Waals surface area contributed by atoms with E-state index in [1.54, 1.807) is 12.2 Å². The third-order valence-electron chi connectivity index (χ3n) is 6.26. The van der Waals surface area contributed by atoms with Crippen molar-refractivity contribution in [2.45, 2.75) is 39.0 Å². The zero-order chi connectivity index (χ0) is 22.8. The molecule has 3 aliphatic rings. The van der Waals surface area contributed by atoms with Crippen molar-refractivity contribution >= 4 is 40.4 Å². The van der Waals surface area contributed by atoms with Crippen molar-refractivity contribution in [1.29, 1.82) is 0 Å². The Morgan fingerprint density at radius 3 is 2.78 bits per heavy atom. The van der Waals surface area contributed by atoms with E-state index < -0.39 is 11.9 Å². The zero-order valence-corrected chi connectivity index (χ0v) is 19.1. The van der Waals surface area contributed by atoms with E-state index in [1.165, 1.54) is 28.9 Å². The standard InChI is InChI=1S/C25H26N2O4S/c1-3-4-5-9-12-27(15-17-13-18-21(17)24(29)26(2)23(18)28)19-14-20(32-22(19)25(30)31)16-10-7-6-8-11-16/h3,9-10,14-15,18,21H,6-8,11-13H2,1-2H3,(H,30,31)/b9-3?,17-15+. The maximum absolute atomic E-state index is 12.5. The van der Waals surface area contributed by atoms with E-state index in [0.717, 1.165) is 36.1 Å². The molecule has 2 heterocycles. The van der Waals surface area contributed by atoms with Crippen LogP contribution in [-0.4, -0.2) is 41.4 Å². The lowest BCUT2D eigenvalue weighted by Gasteiger charge is -2.32. The number of rotatable bonds is 6. The van der Waals surface area contributed by atoms with Crippen LogP contribution in [0.4, 0.5) is 5.69 Å². The number of aromatic carboxylic acids is 1. The average Bonchev–Trinajstić information content (AvgIpc) is 3.28. The Kier molecular flexibility index (Phi) is 6.33. The number of imide groups is 1. The summed E-state index contributed by atoms with van der Waals surface area (Å²) < 4.78 is 0. The number of hydrogen-bond donors (Lipinski definition) is 1. The lowest BCUT2D eigenvalue weighted by atomic mass is 9.71. The summed E-state index contributed by atoms with van der Waals surface area (Å²) in [6.07, 6.45) is 12.4. The van der Waals surface area contributed by atoms with Crippen LogP contribution in [0, 0.1) is 11.8 Å². The van der Waals surface area contributed by atoms with Crippen LogP contribution in [0.3, 0.4) is 0 Å². The quantitative estimate of drug-likeness (QED) is 0.506. The first-order valence-electron chi connectivity index (χ1n) is 10.9. The molecule has 1 N–H and O–H groups in total. The normalized spacial score (nSPS) is 23.1. The molecule has 0 aromatic carbocycles. The smallest absolute Gasteiger partial charge is 0.348 e. The van der Waals surface area contributed by atoms with Crippen LogP contribution in [0.2, 0.25) is 0 Å². The molecule has 6 nitrogen and oxygen atoms in total. The topological polar surface area (TPSA) is 77.9 Å². The maximum Gasteiger partial charge on any atom is 0.348 e. The minimum atomic E-state index is -0.970. The second kappa shape index (κ2) is 9.17. The van der Waals surface area contributed by atoms with E-state index in [2.05, 4.69) is 17.5 Å². The number of carbonyl (C=O) groups excluding carboxylic acids is 2. The number of hydrogen-bond acceptors (Lipinski definition) is 5. The van der Waals surface area contributed by atoms with Crippen molar-refractivity contribution < 1.29 is 19.5 Å². The average molecular weight is 451 g/mol. The molecule has 166 valence electrons. The molecule has 2 unspecified atom stereocenters. The van der Waals surface area contributed by atoms with E-state index in [0.29, 0.717) is 18.7 Å². The summed E-state index contributed by atoms with van der Waals surface area (Å²) in [7, 11) is 1.52. The predicted octanol–water partition coefficient (Wildman–Crippen LogP) is 4.62. The highest BCUT2D eigenvalue weighted by atomic mass is 32.1. The van der Waals surface area contributed by atoms with Gasteiger partial charge in [-0.2, -0.15) is 0 Å². The van der Waals surface area contributed by atoms with Gasteiger partial charge >= 0.3 is 5.97 Å². The molecule has 0 spiro atoms. The van der Waals surface area contributed by atoms with Crippen molar-refractivity contribution in [1.82, 2.24) is 4.90 Å². The van der Waals surface area contributed by atoms with Gasteiger partial charge in [-0.05, 0) is 68.4 Å². The van der Waals surface area contributed by atoms with Gasteiger partial charge in [0.25, 0.3) is 0 Å². The number of thiophene rings is 1. The van der Waals surface area contributed by atoms with Crippen LogP contribution in [0.1, 0.15) is 53.6 Å². The number of amides is 2. The van der Waals surface area contributed by atoms with Gasteiger partial charge in [0.15, 0.2) is 0 Å². The molecule has 2 amide bonds. The molecular weight excluding hydrogens is 424 g/mol. The highest BCUT2D eigenvalue weighted by Crippen LogP contribution is 2.47. The molecule has 2 aliphatic carbocycles. The molecule has 1 aromatic rings. The van der Waals surface area contributed by atoms with Crippen molar-refractivity contribution in [3.05, 3.63) is 57.3 Å². The summed E-state index contributed by atoms with van der Waals surface area (Å²) >= 11 is 1.30. The highest BCUT2D eigenvalue weighted by molar-refractivity contribution is 7.15. The predicted molar refractivity (Wildman–Crippen MR) is 124 cm³/mol. The fourth-order valence-corrected chi connectivity index (χ4v) is 5.61. The summed E-state index contributed by atoms with van der Waals surface area (Å²) in [6, 6.07) is 1.94. The Balaban J connectivity index is 1.73. The number of carboxylic acids is 1. The summed E-state index contributed by atoms with van der Waals surface area (Å²) in [6.45, 7) is 2.23. The molecule has 1 saturated carbocycles. The molecule has 2 fully saturated rings. The number of allylic oxidation sites excluding steroid dienone is 3. The van der Waals surface area contributed by atoms with Gasteiger partial charge < -0.3 is 10.0 Å². The SMILES string of the molecule is CC=C=C=CCN(/C=C1\CC2C(=O)N(C)C(=O)C12)c1cc(C2=CCCCC2)sc1C(=O)O. The molecule has 32 heavy (non-hydrogen) atoms. The Labute approximate surface area is 191 Å². The summed E-state index contributed by atoms with van der Waals surface area (Å²) in [4.78, 5) is 41.1. The number of carboxylic acid groups (broad SMARTS) is 1. The first-order valence-corrected chi connectivity index (χ1v) is 11.7. The second-order valence-electron chi connectivity index (χ2n) is 8.27. The van der Waals surface area contributed by atoms with Crippen LogP contribution >= 0.6 is 11.3 Å². The number of likely N-dealkylation sites (tertiary alicyclic amines) is 1. The van der Waals surface area contributed by atoms with E-state index in [9.17, 15) is 19.5 Å². The zero-order valence-electron chi connectivity index (χ0n) is 18.3. The van der Waals surface area contributed by atoms with E-state index in [1.807, 2.05) is 24.1 Å². The van der Waals surface area contributed by atoms with Gasteiger partial charge in [-0.3, -0.25) is 14.5 Å². The van der Waals surface area contributed by atoms with Gasteiger partial charge in [0.2, 0.25) is 11.8 Å². The number of carbonyl (C=O) groups is 3. The van der Waals surface area contributed by atoms with Crippen LogP contribution in [0.5, 0.6) is 0 Å². The van der Waals surface area contributed by atoms with Gasteiger partial charge in [0.1, 0.15) is 4.88 Å². The Morgan fingerprint density at radius 1 is 1.31 bits per heavy atom. The third-order valence-corrected chi connectivity index (χ3v) is 7.45. The Morgan fingerprint density at radius 2 is 2.12 bits per heavy atom. The summed E-state index contributed by atoms with van der Waals surface area (Å²) in [5.41, 5.74) is 8.49. The molecule has 1 aliphatic heterocycles. The van der Waals surface area contributed by atoms with E-state index >= 15 is 0 Å². The second-order valence-corrected chi connectivity index (χ2v) is 9.32. The van der Waals surface area contributed by atoms with Crippen LogP contribution in [-0.2, 0) is 9.59 Å². The van der Waals surface area contributed by atoms with E-state index in [-0.39, 0.29) is 22.6 Å². The monoisotopic (exact) mass is 450 g/mol. The molecular formula is C25H26N2O4S. The third kappa shape index (κ3) is 4.03. The minimum absolute atomic E-state index is 0.132. The summed E-state index contributed by atoms with van der Waals surface area (Å²) in [5, 5.41) is 9.90. The Hall–Kier alpha value is -3.11. The molecule has 0 bridgehead atoms. The van der Waals surface area contributed by atoms with E-state index in [4.69, 9.17) is 0 Å². The lowest BCUT2D eigenvalue weighted by Crippen LogP contribution is -2.33. The van der Waals surface area contributed by atoms with Crippen LogP contribution < -0.4 is 4.90 Å². The number of fused-ring (bicyclic) bond motifs is 1. The van der Waals surface area contributed by atoms with Crippen molar-refractivity contribution in [3.63, 3.8) is 0 Å². The van der Waals surface area contributed by atoms with Crippen LogP contribution in [0.25, 0.3) is 5.57 Å². The van der Waals surface area contributed by atoms with Gasteiger partial charge in [0, 0.05) is 24.7 Å². The van der Waals surface area contributed by atoms with Gasteiger partial charge in [-0.25, -0.2) is 4.79 Å². The molecule has 1 aromatic heterocycles. The first-order chi connectivity index (χ1) is 15.4. The van der Waals surface area contributed by atoms with Crippen molar-refractivity contribution in [2.24, 2.45) is 11.8 Å². The molecule has 7 heteroatoms. The summed E-state index contributed by atoms with van der Waals surface area (Å²) in [5.74, 6) is -2.00.